The van der Waals surface area contributed by atoms with E-state index in [1.165, 1.54) is 0 Å². The predicted molar refractivity (Wildman–Crippen MR) is 86.2 cm³/mol. The van der Waals surface area contributed by atoms with Gasteiger partial charge in [-0.05, 0) is 23.7 Å². The lowest BCUT2D eigenvalue weighted by Gasteiger charge is -2.22. The normalized spacial score (nSPS) is 27.6. The van der Waals surface area contributed by atoms with Gasteiger partial charge in [0.2, 0.25) is 5.95 Å². The topological polar surface area (TPSA) is 93.1 Å². The Kier molecular flexibility index (Phi) is 3.43. The fourth-order valence-corrected chi connectivity index (χ4v) is 3.03. The van der Waals surface area contributed by atoms with Crippen molar-refractivity contribution in [1.82, 2.24) is 9.97 Å². The number of hydrogen-bond acceptors (Lipinski definition) is 6. The van der Waals surface area contributed by atoms with Crippen LogP contribution in [0.2, 0.25) is 0 Å². The van der Waals surface area contributed by atoms with Gasteiger partial charge in [-0.3, -0.25) is 0 Å². The number of hydrogen-bond donors (Lipinski definition) is 3. The van der Waals surface area contributed by atoms with Gasteiger partial charge < -0.3 is 21.7 Å². The average molecular weight is 290 g/mol. The van der Waals surface area contributed by atoms with Gasteiger partial charge in [-0.15, -0.1) is 0 Å². The monoisotopic (exact) mass is 290 g/mol. The van der Waals surface area contributed by atoms with E-state index >= 15 is 0 Å². The molecule has 2 fully saturated rings. The minimum atomic E-state index is 0.306. The third-order valence-corrected chi connectivity index (χ3v) is 4.50. The molecule has 0 spiro atoms. The van der Waals surface area contributed by atoms with E-state index in [-0.39, 0.29) is 0 Å². The van der Waals surface area contributed by atoms with Crippen molar-refractivity contribution >= 4 is 17.6 Å². The third-order valence-electron chi connectivity index (χ3n) is 4.50. The van der Waals surface area contributed by atoms with E-state index in [0.29, 0.717) is 29.2 Å². The Bertz CT molecular complexity index is 511. The molecule has 0 aromatic carbocycles. The van der Waals surface area contributed by atoms with Crippen molar-refractivity contribution in [3.8, 4) is 0 Å². The van der Waals surface area contributed by atoms with Gasteiger partial charge in [0.15, 0.2) is 0 Å². The number of aromatic nitrogens is 2. The molecular weight excluding hydrogens is 264 g/mol. The third kappa shape index (κ3) is 3.20. The first-order valence-corrected chi connectivity index (χ1v) is 7.72. The van der Waals surface area contributed by atoms with Crippen molar-refractivity contribution in [1.29, 1.82) is 0 Å². The van der Waals surface area contributed by atoms with Crippen LogP contribution in [0.5, 0.6) is 0 Å². The molecule has 1 aliphatic carbocycles. The summed E-state index contributed by atoms with van der Waals surface area (Å²) in [7, 11) is 0. The molecule has 5 N–H and O–H groups in total. The van der Waals surface area contributed by atoms with Crippen LogP contribution in [0.3, 0.4) is 0 Å². The molecule has 0 amide bonds. The molecule has 2 heterocycles. The predicted octanol–water partition coefficient (Wildman–Crippen LogP) is 1.30. The number of nitrogen functional groups attached to an aromatic ring is 1. The van der Waals surface area contributed by atoms with Gasteiger partial charge in [0.25, 0.3) is 0 Å². The zero-order valence-electron chi connectivity index (χ0n) is 13.1. The van der Waals surface area contributed by atoms with Crippen LogP contribution in [0.1, 0.15) is 27.2 Å². The summed E-state index contributed by atoms with van der Waals surface area (Å²) in [5.41, 5.74) is 12.1. The molecule has 116 valence electrons. The highest BCUT2D eigenvalue weighted by Crippen LogP contribution is 2.45. The van der Waals surface area contributed by atoms with E-state index in [4.69, 9.17) is 11.5 Å². The molecule has 2 unspecified atom stereocenters. The van der Waals surface area contributed by atoms with Gasteiger partial charge in [0.05, 0.1) is 0 Å². The Hall–Kier alpha value is -1.56. The number of piperidine rings is 1. The second kappa shape index (κ2) is 5.02. The highest BCUT2D eigenvalue weighted by atomic mass is 15.3. The van der Waals surface area contributed by atoms with Crippen molar-refractivity contribution in [2.45, 2.75) is 33.2 Å². The molecule has 2 aliphatic rings. The number of fused-ring (bicyclic) bond motifs is 1. The average Bonchev–Trinajstić information content (AvgIpc) is 2.82. The van der Waals surface area contributed by atoms with Crippen molar-refractivity contribution in [3.63, 3.8) is 0 Å². The molecule has 2 atom stereocenters. The lowest BCUT2D eigenvalue weighted by Crippen LogP contribution is -2.29. The maximum atomic E-state index is 5.98. The summed E-state index contributed by atoms with van der Waals surface area (Å²) in [6, 6.07) is 2.39. The second-order valence-electron chi connectivity index (χ2n) is 7.52. The van der Waals surface area contributed by atoms with Crippen LogP contribution >= 0.6 is 0 Å². The maximum Gasteiger partial charge on any atom is 0.223 e. The van der Waals surface area contributed by atoms with Crippen LogP contribution in [0.15, 0.2) is 6.07 Å². The number of rotatable bonds is 4. The number of nitrogens with one attached hydrogen (secondary N) is 1. The summed E-state index contributed by atoms with van der Waals surface area (Å²) in [6.07, 6.45) is 1.08. The van der Waals surface area contributed by atoms with Gasteiger partial charge in [-0.1, -0.05) is 20.8 Å². The largest absolute Gasteiger partial charge is 0.370 e. The van der Waals surface area contributed by atoms with E-state index in [1.807, 2.05) is 6.07 Å². The van der Waals surface area contributed by atoms with E-state index in [2.05, 4.69) is 41.0 Å². The highest BCUT2D eigenvalue weighted by molar-refractivity contribution is 5.54. The van der Waals surface area contributed by atoms with Gasteiger partial charge in [0, 0.05) is 31.7 Å². The van der Waals surface area contributed by atoms with Gasteiger partial charge in [-0.25, -0.2) is 0 Å². The van der Waals surface area contributed by atoms with Crippen LogP contribution in [-0.4, -0.2) is 35.6 Å². The molecule has 0 bridgehead atoms. The van der Waals surface area contributed by atoms with Crippen molar-refractivity contribution in [3.05, 3.63) is 6.07 Å². The molecule has 6 heteroatoms. The zero-order chi connectivity index (χ0) is 15.2. The van der Waals surface area contributed by atoms with Crippen molar-refractivity contribution < 1.29 is 0 Å². The Labute approximate surface area is 126 Å². The van der Waals surface area contributed by atoms with Crippen LogP contribution < -0.4 is 21.7 Å². The summed E-state index contributed by atoms with van der Waals surface area (Å²) < 4.78 is 0. The fourth-order valence-electron chi connectivity index (χ4n) is 3.03. The van der Waals surface area contributed by atoms with Crippen LogP contribution in [0.4, 0.5) is 17.6 Å². The Morgan fingerprint density at radius 1 is 1.29 bits per heavy atom. The van der Waals surface area contributed by atoms with Crippen molar-refractivity contribution in [2.24, 2.45) is 23.0 Å². The fraction of sp³-hybridized carbons (Fsp3) is 0.733. The van der Waals surface area contributed by atoms with Gasteiger partial charge in [-0.2, -0.15) is 9.97 Å². The quantitative estimate of drug-likeness (QED) is 0.774. The summed E-state index contributed by atoms with van der Waals surface area (Å²) in [6.45, 7) is 9.56. The SMILES string of the molecule is CC(C)(C)CCNc1cc(N2CC3C(N)C3C2)nc(N)n1. The molecule has 6 nitrogen and oxygen atoms in total. The maximum absolute atomic E-state index is 5.98. The molecule has 1 saturated heterocycles. The minimum absolute atomic E-state index is 0.306. The lowest BCUT2D eigenvalue weighted by molar-refractivity contribution is 0.389. The minimum Gasteiger partial charge on any atom is -0.370 e. The number of anilines is 3. The Morgan fingerprint density at radius 2 is 1.95 bits per heavy atom. The van der Waals surface area contributed by atoms with E-state index in [0.717, 1.165) is 37.7 Å². The van der Waals surface area contributed by atoms with Crippen LogP contribution in [0, 0.1) is 17.3 Å². The molecule has 3 rings (SSSR count). The van der Waals surface area contributed by atoms with Gasteiger partial charge in [0.1, 0.15) is 11.6 Å². The molecule has 1 saturated carbocycles. The Morgan fingerprint density at radius 3 is 2.57 bits per heavy atom. The first kappa shape index (κ1) is 14.4. The van der Waals surface area contributed by atoms with Crippen molar-refractivity contribution in [2.75, 3.05) is 35.6 Å². The molecule has 1 aromatic heterocycles. The first-order valence-electron chi connectivity index (χ1n) is 7.72. The molecule has 1 aromatic rings. The first-order chi connectivity index (χ1) is 9.83. The van der Waals surface area contributed by atoms with E-state index in [9.17, 15) is 0 Å². The zero-order valence-corrected chi connectivity index (χ0v) is 13.1. The van der Waals surface area contributed by atoms with Gasteiger partial charge >= 0.3 is 0 Å². The summed E-state index contributed by atoms with van der Waals surface area (Å²) in [5, 5.41) is 3.35. The number of nitrogens with zero attached hydrogens (tertiary/aromatic N) is 3. The van der Waals surface area contributed by atoms with E-state index in [1.54, 1.807) is 0 Å². The summed E-state index contributed by atoms with van der Waals surface area (Å²) in [4.78, 5) is 10.9. The second-order valence-corrected chi connectivity index (χ2v) is 7.52. The molecule has 0 radical (unpaired) electrons. The van der Waals surface area contributed by atoms with E-state index < -0.39 is 0 Å². The number of nitrogens with two attached hydrogens (primary N) is 2. The molecule has 1 aliphatic heterocycles. The molecular formula is C15H26N6. The lowest BCUT2D eigenvalue weighted by atomic mass is 9.92. The standard InChI is InChI=1S/C15H26N6/c1-15(2,3)4-5-18-11-6-12(20-14(17)19-11)21-7-9-10(8-21)13(9)16/h6,9-10,13H,4-5,7-8,16H2,1-3H3,(H3,17,18,19,20). The van der Waals surface area contributed by atoms with Crippen LogP contribution in [0.25, 0.3) is 0 Å². The smallest absolute Gasteiger partial charge is 0.223 e. The summed E-state index contributed by atoms with van der Waals surface area (Å²) in [5.74, 6) is 3.33. The summed E-state index contributed by atoms with van der Waals surface area (Å²) >= 11 is 0. The molecule has 21 heavy (non-hydrogen) atoms. The highest BCUT2D eigenvalue weighted by Gasteiger charge is 2.53. The van der Waals surface area contributed by atoms with Crippen LogP contribution in [-0.2, 0) is 0 Å². The Balaban J connectivity index is 1.63.